The maximum atomic E-state index is 14.3. The number of aromatic nitrogens is 1. The molecule has 0 aliphatic rings. The van der Waals surface area contributed by atoms with Gasteiger partial charge in [0.1, 0.15) is 0 Å². The fourth-order valence-electron chi connectivity index (χ4n) is 1.99. The Hall–Kier alpha value is -1.51. The average molecular weight is 280 g/mol. The van der Waals surface area contributed by atoms with Crippen molar-refractivity contribution in [2.75, 3.05) is 0 Å². The van der Waals surface area contributed by atoms with Crippen LogP contribution in [0.2, 0.25) is 10.0 Å². The van der Waals surface area contributed by atoms with Crippen LogP contribution < -0.4 is 0 Å². The number of H-pyrrole nitrogens is 1. The predicted molar refractivity (Wildman–Crippen MR) is 73.7 cm³/mol. The van der Waals surface area contributed by atoms with Gasteiger partial charge in [0.25, 0.3) is 0 Å². The van der Waals surface area contributed by atoms with Gasteiger partial charge in [-0.05, 0) is 12.1 Å². The summed E-state index contributed by atoms with van der Waals surface area (Å²) in [6, 6.07) is 12.4. The number of rotatable bonds is 1. The molecule has 2 aromatic carbocycles. The number of aromatic amines is 1. The van der Waals surface area contributed by atoms with Gasteiger partial charge >= 0.3 is 0 Å². The first kappa shape index (κ1) is 11.6. The number of halogens is 3. The highest BCUT2D eigenvalue weighted by Gasteiger charge is 2.15. The Morgan fingerprint density at radius 1 is 1.00 bits per heavy atom. The maximum absolute atomic E-state index is 14.3. The Morgan fingerprint density at radius 2 is 1.72 bits per heavy atom. The molecule has 0 aliphatic heterocycles. The van der Waals surface area contributed by atoms with E-state index in [2.05, 4.69) is 4.98 Å². The van der Waals surface area contributed by atoms with Gasteiger partial charge in [-0.2, -0.15) is 0 Å². The Kier molecular flexibility index (Phi) is 2.77. The largest absolute Gasteiger partial charge is 0.351 e. The summed E-state index contributed by atoms with van der Waals surface area (Å²) < 4.78 is 14.3. The summed E-state index contributed by atoms with van der Waals surface area (Å²) in [5.74, 6) is -0.333. The summed E-state index contributed by atoms with van der Waals surface area (Å²) in [5, 5.41) is 1.25. The summed E-state index contributed by atoms with van der Waals surface area (Å²) in [6.07, 6.45) is 0. The van der Waals surface area contributed by atoms with Crippen LogP contribution in [0.15, 0.2) is 42.5 Å². The van der Waals surface area contributed by atoms with Crippen LogP contribution in [0.1, 0.15) is 0 Å². The standard InChI is InChI=1S/C14H8Cl2FN/c15-9-6-10-12(17)13(8-4-2-1-3-5-8)18-14(10)11(16)7-9/h1-7,18H. The molecule has 0 amide bonds. The summed E-state index contributed by atoms with van der Waals surface area (Å²) in [4.78, 5) is 3.01. The smallest absolute Gasteiger partial charge is 0.156 e. The van der Waals surface area contributed by atoms with Crippen LogP contribution in [0.5, 0.6) is 0 Å². The van der Waals surface area contributed by atoms with Crippen molar-refractivity contribution in [2.45, 2.75) is 0 Å². The minimum atomic E-state index is -0.333. The van der Waals surface area contributed by atoms with Crippen LogP contribution >= 0.6 is 23.2 Å². The molecule has 1 aromatic heterocycles. The number of hydrogen-bond acceptors (Lipinski definition) is 0. The van der Waals surface area contributed by atoms with E-state index in [4.69, 9.17) is 23.2 Å². The van der Waals surface area contributed by atoms with Crippen LogP contribution in [-0.4, -0.2) is 4.98 Å². The first-order valence-corrected chi connectivity index (χ1v) is 6.14. The second kappa shape index (κ2) is 4.30. The molecule has 0 unspecified atom stereocenters. The molecule has 1 N–H and O–H groups in total. The molecule has 18 heavy (non-hydrogen) atoms. The third-order valence-corrected chi connectivity index (χ3v) is 3.34. The molecular formula is C14H8Cl2FN. The molecule has 0 saturated carbocycles. The molecule has 0 radical (unpaired) electrons. The van der Waals surface area contributed by atoms with Crippen LogP contribution in [0.4, 0.5) is 4.39 Å². The second-order valence-corrected chi connectivity index (χ2v) is 4.83. The molecule has 90 valence electrons. The lowest BCUT2D eigenvalue weighted by atomic mass is 10.1. The molecule has 1 heterocycles. The molecule has 1 nitrogen and oxygen atoms in total. The van der Waals surface area contributed by atoms with Gasteiger partial charge in [0.2, 0.25) is 0 Å². The Balaban J connectivity index is 2.33. The van der Waals surface area contributed by atoms with Gasteiger partial charge in [-0.15, -0.1) is 0 Å². The van der Waals surface area contributed by atoms with E-state index in [1.54, 1.807) is 12.1 Å². The maximum Gasteiger partial charge on any atom is 0.156 e. The van der Waals surface area contributed by atoms with E-state index in [0.717, 1.165) is 5.56 Å². The van der Waals surface area contributed by atoms with E-state index in [1.165, 1.54) is 0 Å². The van der Waals surface area contributed by atoms with Gasteiger partial charge in [0.15, 0.2) is 5.82 Å². The zero-order valence-corrected chi connectivity index (χ0v) is 10.7. The normalized spacial score (nSPS) is 11.1. The molecular weight excluding hydrogens is 272 g/mol. The van der Waals surface area contributed by atoms with E-state index in [9.17, 15) is 4.39 Å². The monoisotopic (exact) mass is 279 g/mol. The quantitative estimate of drug-likeness (QED) is 0.624. The SMILES string of the molecule is Fc1c(-c2ccccc2)[nH]c2c(Cl)cc(Cl)cc12. The first-order valence-electron chi connectivity index (χ1n) is 5.38. The number of nitrogens with one attached hydrogen (secondary N) is 1. The van der Waals surface area contributed by atoms with Crippen molar-refractivity contribution in [1.82, 2.24) is 4.98 Å². The van der Waals surface area contributed by atoms with Crippen LogP contribution in [0.25, 0.3) is 22.2 Å². The van der Waals surface area contributed by atoms with Gasteiger partial charge in [-0.25, -0.2) is 4.39 Å². The lowest BCUT2D eigenvalue weighted by Crippen LogP contribution is -1.79. The molecule has 0 bridgehead atoms. The minimum Gasteiger partial charge on any atom is -0.351 e. The second-order valence-electron chi connectivity index (χ2n) is 3.99. The van der Waals surface area contributed by atoms with E-state index in [-0.39, 0.29) is 5.82 Å². The Bertz CT molecular complexity index is 719. The lowest BCUT2D eigenvalue weighted by molar-refractivity contribution is 0.643. The molecule has 0 fully saturated rings. The van der Waals surface area contributed by atoms with Crippen molar-refractivity contribution >= 4 is 34.1 Å². The highest BCUT2D eigenvalue weighted by Crippen LogP contribution is 2.34. The molecule has 3 aromatic rings. The van der Waals surface area contributed by atoms with Crippen molar-refractivity contribution in [1.29, 1.82) is 0 Å². The summed E-state index contributed by atoms with van der Waals surface area (Å²) in [5.41, 5.74) is 1.77. The number of hydrogen-bond donors (Lipinski definition) is 1. The molecule has 0 spiro atoms. The third kappa shape index (κ3) is 1.78. The molecule has 0 aliphatic carbocycles. The third-order valence-electron chi connectivity index (χ3n) is 2.82. The summed E-state index contributed by atoms with van der Waals surface area (Å²) >= 11 is 11.9. The van der Waals surface area contributed by atoms with E-state index < -0.39 is 0 Å². The van der Waals surface area contributed by atoms with Crippen molar-refractivity contribution in [2.24, 2.45) is 0 Å². The fourth-order valence-corrected chi connectivity index (χ4v) is 2.53. The summed E-state index contributed by atoms with van der Waals surface area (Å²) in [7, 11) is 0. The van der Waals surface area contributed by atoms with Gasteiger partial charge in [0, 0.05) is 16.0 Å². The van der Waals surface area contributed by atoms with Crippen LogP contribution in [-0.2, 0) is 0 Å². The van der Waals surface area contributed by atoms with Crippen molar-refractivity contribution in [3.63, 3.8) is 0 Å². The van der Waals surface area contributed by atoms with Gasteiger partial charge in [0.05, 0.1) is 16.2 Å². The van der Waals surface area contributed by atoms with Gasteiger partial charge in [-0.1, -0.05) is 53.5 Å². The van der Waals surface area contributed by atoms with Crippen molar-refractivity contribution < 1.29 is 4.39 Å². The summed E-state index contributed by atoms with van der Waals surface area (Å²) in [6.45, 7) is 0. The molecule has 0 atom stereocenters. The Morgan fingerprint density at radius 3 is 2.44 bits per heavy atom. The highest BCUT2D eigenvalue weighted by atomic mass is 35.5. The lowest BCUT2D eigenvalue weighted by Gasteiger charge is -1.96. The van der Waals surface area contributed by atoms with Gasteiger partial charge < -0.3 is 4.98 Å². The fraction of sp³-hybridized carbons (Fsp3) is 0. The Labute approximate surface area is 113 Å². The highest BCUT2D eigenvalue weighted by molar-refractivity contribution is 6.38. The number of benzene rings is 2. The van der Waals surface area contributed by atoms with Crippen LogP contribution in [0.3, 0.4) is 0 Å². The van der Waals surface area contributed by atoms with Gasteiger partial charge in [-0.3, -0.25) is 0 Å². The number of fused-ring (bicyclic) bond motifs is 1. The first-order chi connectivity index (χ1) is 8.66. The van der Waals surface area contributed by atoms with Crippen molar-refractivity contribution in [3.8, 4) is 11.3 Å². The van der Waals surface area contributed by atoms with Crippen molar-refractivity contribution in [3.05, 3.63) is 58.3 Å². The van der Waals surface area contributed by atoms with E-state index >= 15 is 0 Å². The molecule has 4 heteroatoms. The zero-order chi connectivity index (χ0) is 12.7. The minimum absolute atomic E-state index is 0.333. The van der Waals surface area contributed by atoms with Crippen LogP contribution in [0, 0.1) is 5.82 Å². The predicted octanol–water partition coefficient (Wildman–Crippen LogP) is 5.28. The molecule has 0 saturated heterocycles. The molecule has 3 rings (SSSR count). The zero-order valence-electron chi connectivity index (χ0n) is 9.18. The average Bonchev–Trinajstić information content (AvgIpc) is 2.69. The van der Waals surface area contributed by atoms with E-state index in [0.29, 0.717) is 26.6 Å². The van der Waals surface area contributed by atoms with E-state index in [1.807, 2.05) is 30.3 Å². The topological polar surface area (TPSA) is 15.8 Å².